The minimum Gasteiger partial charge on any atom is -0.406 e. The first kappa shape index (κ1) is 14.5. The Hall–Kier alpha value is -1.52. The number of carbonyl (C=O) groups excluding carboxylic acids is 1. The summed E-state index contributed by atoms with van der Waals surface area (Å²) >= 11 is 0. The predicted octanol–water partition coefficient (Wildman–Crippen LogP) is 3.84. The number of hydrogen-bond acceptors (Lipinski definition) is 2. The van der Waals surface area contributed by atoms with Crippen LogP contribution in [0, 0.1) is 0 Å². The van der Waals surface area contributed by atoms with E-state index in [0.29, 0.717) is 5.56 Å². The summed E-state index contributed by atoms with van der Waals surface area (Å²) in [5.74, 6) is -0.279. The normalized spacial score (nSPS) is 12.3. The summed E-state index contributed by atoms with van der Waals surface area (Å²) in [6.45, 7) is 5.07. The van der Waals surface area contributed by atoms with Crippen molar-refractivity contribution in [2.45, 2.75) is 39.0 Å². The molecule has 0 radical (unpaired) electrons. The van der Waals surface area contributed by atoms with Crippen LogP contribution in [0.3, 0.4) is 0 Å². The minimum absolute atomic E-state index is 0.0119. The van der Waals surface area contributed by atoms with Crippen molar-refractivity contribution < 1.29 is 22.7 Å². The van der Waals surface area contributed by atoms with Gasteiger partial charge in [-0.25, -0.2) is 0 Å². The van der Waals surface area contributed by atoms with E-state index in [1.165, 1.54) is 25.1 Å². The van der Waals surface area contributed by atoms with Crippen LogP contribution < -0.4 is 4.74 Å². The zero-order chi connectivity index (χ0) is 14.0. The lowest BCUT2D eigenvalue weighted by Gasteiger charge is -2.24. The summed E-state index contributed by atoms with van der Waals surface area (Å²) in [7, 11) is 0. The summed E-state index contributed by atoms with van der Waals surface area (Å²) in [6.07, 6.45) is -4.44. The molecule has 0 saturated heterocycles. The Balaban J connectivity index is 2.97. The Kier molecular flexibility index (Phi) is 4.04. The second-order valence-electron chi connectivity index (χ2n) is 4.84. The van der Waals surface area contributed by atoms with Crippen LogP contribution in [0.4, 0.5) is 13.2 Å². The summed E-state index contributed by atoms with van der Waals surface area (Å²) in [6, 6.07) is 5.72. The SMILES string of the molecule is CC(=O)CC(C)(C)c1cccc(OC(F)(F)F)c1. The molecule has 0 unspecified atom stereocenters. The molecule has 0 aliphatic rings. The molecule has 0 N–H and O–H groups in total. The van der Waals surface area contributed by atoms with Gasteiger partial charge in [-0.05, 0) is 30.0 Å². The van der Waals surface area contributed by atoms with Crippen LogP contribution in [0.2, 0.25) is 0 Å². The highest BCUT2D eigenvalue weighted by Gasteiger charge is 2.31. The van der Waals surface area contributed by atoms with Gasteiger partial charge in [0.05, 0.1) is 0 Å². The third-order valence-electron chi connectivity index (χ3n) is 2.54. The number of Topliss-reactive ketones (excluding diaryl/α,β-unsaturated/α-hetero) is 1. The molecule has 0 spiro atoms. The maximum Gasteiger partial charge on any atom is 0.573 e. The first-order chi connectivity index (χ1) is 8.10. The highest BCUT2D eigenvalue weighted by atomic mass is 19.4. The molecule has 0 bridgehead atoms. The fraction of sp³-hybridized carbons (Fsp3) is 0.462. The number of ketones is 1. The number of hydrogen-bond donors (Lipinski definition) is 0. The predicted molar refractivity (Wildman–Crippen MR) is 61.4 cm³/mol. The van der Waals surface area contributed by atoms with Crippen LogP contribution >= 0.6 is 0 Å². The highest BCUT2D eigenvalue weighted by Crippen LogP contribution is 2.31. The maximum atomic E-state index is 12.1. The van der Waals surface area contributed by atoms with Crippen molar-refractivity contribution in [1.29, 1.82) is 0 Å². The lowest BCUT2D eigenvalue weighted by atomic mass is 9.80. The van der Waals surface area contributed by atoms with Crippen molar-refractivity contribution in [3.63, 3.8) is 0 Å². The number of carbonyl (C=O) groups is 1. The summed E-state index contributed by atoms with van der Waals surface area (Å²) in [5, 5.41) is 0. The van der Waals surface area contributed by atoms with Crippen LogP contribution in [0.5, 0.6) is 5.75 Å². The first-order valence-electron chi connectivity index (χ1n) is 5.46. The molecule has 0 aliphatic heterocycles. The lowest BCUT2D eigenvalue weighted by molar-refractivity contribution is -0.274. The average Bonchev–Trinajstić information content (AvgIpc) is 2.13. The quantitative estimate of drug-likeness (QED) is 0.822. The van der Waals surface area contributed by atoms with Crippen LogP contribution in [0.1, 0.15) is 32.8 Å². The van der Waals surface area contributed by atoms with Gasteiger partial charge < -0.3 is 4.74 Å². The monoisotopic (exact) mass is 260 g/mol. The molecular formula is C13H15F3O2. The summed E-state index contributed by atoms with van der Waals surface area (Å²) < 4.78 is 40.2. The van der Waals surface area contributed by atoms with Crippen molar-refractivity contribution in [2.75, 3.05) is 0 Å². The van der Waals surface area contributed by atoms with E-state index in [1.54, 1.807) is 19.9 Å². The van der Waals surface area contributed by atoms with E-state index in [0.717, 1.165) is 0 Å². The van der Waals surface area contributed by atoms with Crippen LogP contribution in [-0.2, 0) is 10.2 Å². The van der Waals surface area contributed by atoms with E-state index in [1.807, 2.05) is 0 Å². The average molecular weight is 260 g/mol. The maximum absolute atomic E-state index is 12.1. The van der Waals surface area contributed by atoms with Crippen molar-refractivity contribution >= 4 is 5.78 Å². The lowest BCUT2D eigenvalue weighted by Crippen LogP contribution is -2.21. The van der Waals surface area contributed by atoms with Gasteiger partial charge in [0.15, 0.2) is 0 Å². The Morgan fingerprint density at radius 1 is 1.28 bits per heavy atom. The zero-order valence-corrected chi connectivity index (χ0v) is 10.5. The topological polar surface area (TPSA) is 26.3 Å². The van der Waals surface area contributed by atoms with E-state index < -0.39 is 11.8 Å². The molecule has 2 nitrogen and oxygen atoms in total. The largest absolute Gasteiger partial charge is 0.573 e. The van der Waals surface area contributed by atoms with Crippen LogP contribution in [0.25, 0.3) is 0 Å². The van der Waals surface area contributed by atoms with E-state index in [9.17, 15) is 18.0 Å². The first-order valence-corrected chi connectivity index (χ1v) is 5.46. The van der Waals surface area contributed by atoms with Gasteiger partial charge in [-0.2, -0.15) is 0 Å². The second-order valence-corrected chi connectivity index (χ2v) is 4.84. The smallest absolute Gasteiger partial charge is 0.406 e. The van der Waals surface area contributed by atoms with Crippen LogP contribution in [0.15, 0.2) is 24.3 Å². The number of benzene rings is 1. The molecule has 18 heavy (non-hydrogen) atoms. The number of halogens is 3. The van der Waals surface area contributed by atoms with Gasteiger partial charge in [-0.15, -0.1) is 13.2 Å². The molecular weight excluding hydrogens is 245 g/mol. The fourth-order valence-corrected chi connectivity index (χ4v) is 1.84. The number of ether oxygens (including phenoxy) is 1. The molecule has 1 aromatic rings. The standard InChI is InChI=1S/C13H15F3O2/c1-9(17)8-12(2,3)10-5-4-6-11(7-10)18-13(14,15)16/h4-7H,8H2,1-3H3. The third-order valence-corrected chi connectivity index (χ3v) is 2.54. The van der Waals surface area contributed by atoms with Gasteiger partial charge in [0.2, 0.25) is 0 Å². The minimum atomic E-state index is -4.71. The van der Waals surface area contributed by atoms with E-state index >= 15 is 0 Å². The van der Waals surface area contributed by atoms with Crippen molar-refractivity contribution in [3.8, 4) is 5.75 Å². The summed E-state index contributed by atoms with van der Waals surface area (Å²) in [5.41, 5.74) is 0.121. The van der Waals surface area contributed by atoms with E-state index in [4.69, 9.17) is 0 Å². The van der Waals surface area contributed by atoms with Gasteiger partial charge >= 0.3 is 6.36 Å². The third kappa shape index (κ3) is 4.39. The number of alkyl halides is 3. The van der Waals surface area contributed by atoms with E-state index in [-0.39, 0.29) is 18.0 Å². The molecule has 0 amide bonds. The molecule has 100 valence electrons. The Morgan fingerprint density at radius 2 is 1.89 bits per heavy atom. The Labute approximate surface area is 104 Å². The zero-order valence-electron chi connectivity index (χ0n) is 10.5. The molecule has 0 aliphatic carbocycles. The summed E-state index contributed by atoms with van der Waals surface area (Å²) in [4.78, 5) is 11.1. The van der Waals surface area contributed by atoms with Gasteiger partial charge in [0.25, 0.3) is 0 Å². The fourth-order valence-electron chi connectivity index (χ4n) is 1.84. The van der Waals surface area contributed by atoms with Gasteiger partial charge in [0.1, 0.15) is 11.5 Å². The van der Waals surface area contributed by atoms with Crippen molar-refractivity contribution in [3.05, 3.63) is 29.8 Å². The molecule has 0 aromatic heterocycles. The number of rotatable bonds is 4. The molecule has 0 atom stereocenters. The highest BCUT2D eigenvalue weighted by molar-refractivity contribution is 5.77. The molecule has 1 aromatic carbocycles. The Morgan fingerprint density at radius 3 is 2.39 bits per heavy atom. The molecule has 0 fully saturated rings. The second kappa shape index (κ2) is 5.00. The van der Waals surface area contributed by atoms with Crippen molar-refractivity contribution in [1.82, 2.24) is 0 Å². The van der Waals surface area contributed by atoms with E-state index in [2.05, 4.69) is 4.74 Å². The molecule has 0 saturated carbocycles. The molecule has 5 heteroatoms. The molecule has 1 rings (SSSR count). The molecule has 0 heterocycles. The van der Waals surface area contributed by atoms with Gasteiger partial charge in [0, 0.05) is 6.42 Å². The Bertz CT molecular complexity index is 436. The van der Waals surface area contributed by atoms with Gasteiger partial charge in [-0.3, -0.25) is 4.79 Å². The van der Waals surface area contributed by atoms with Crippen LogP contribution in [-0.4, -0.2) is 12.1 Å². The van der Waals surface area contributed by atoms with Crippen molar-refractivity contribution in [2.24, 2.45) is 0 Å². The van der Waals surface area contributed by atoms with Gasteiger partial charge in [-0.1, -0.05) is 26.0 Å².